The molecule has 1 aliphatic carbocycles. The molecule has 1 unspecified atom stereocenters. The van der Waals surface area contributed by atoms with Crippen LogP contribution in [-0.2, 0) is 32.9 Å². The first-order chi connectivity index (χ1) is 17.6. The zero-order chi connectivity index (χ0) is 26.4. The molecule has 2 saturated heterocycles. The number of ether oxygens (including phenoxy) is 1. The number of anilines is 1. The third kappa shape index (κ3) is 4.29. The molecule has 3 N–H and O–H groups in total. The highest BCUT2D eigenvalue weighted by Gasteiger charge is 2.58. The van der Waals surface area contributed by atoms with E-state index in [4.69, 9.17) is 4.74 Å². The standard InChI is InChI=1S/C26H28FN5O5/c1-25(14-29-15-25)32(12-16-3-5-18(27)6-4-16)21(33)13-31-22(34)26(37-24(31)36)10-9-17-11-19(7-8-20(17)26)30-23(35)28-2/h3-8,11,29H,9-10,12-15H2,1-2H3,(H2,28,30,35). The fourth-order valence-corrected chi connectivity index (χ4v) is 5.18. The third-order valence-electron chi connectivity index (χ3n) is 7.36. The second kappa shape index (κ2) is 9.15. The van der Waals surface area contributed by atoms with Crippen molar-refractivity contribution in [3.63, 3.8) is 0 Å². The fraction of sp³-hybridized carbons (Fsp3) is 0.385. The van der Waals surface area contributed by atoms with Crippen LogP contribution in [-0.4, -0.2) is 66.0 Å². The minimum atomic E-state index is -1.48. The molecule has 1 spiro atoms. The van der Waals surface area contributed by atoms with E-state index >= 15 is 0 Å². The lowest BCUT2D eigenvalue weighted by molar-refractivity contribution is -0.146. The Morgan fingerprint density at radius 2 is 1.89 bits per heavy atom. The highest BCUT2D eigenvalue weighted by molar-refractivity contribution is 6.06. The lowest BCUT2D eigenvalue weighted by Gasteiger charge is -2.48. The highest BCUT2D eigenvalue weighted by Crippen LogP contribution is 2.46. The van der Waals surface area contributed by atoms with Crippen LogP contribution in [0.1, 0.15) is 30.0 Å². The van der Waals surface area contributed by atoms with E-state index in [1.54, 1.807) is 35.2 Å². The van der Waals surface area contributed by atoms with Gasteiger partial charge in [-0.15, -0.1) is 0 Å². The summed E-state index contributed by atoms with van der Waals surface area (Å²) in [6, 6.07) is 10.6. The third-order valence-corrected chi connectivity index (χ3v) is 7.36. The number of carbonyl (C=O) groups excluding carboxylic acids is 4. The van der Waals surface area contributed by atoms with Gasteiger partial charge in [-0.2, -0.15) is 0 Å². The average Bonchev–Trinajstić information content (AvgIpc) is 3.34. The summed E-state index contributed by atoms with van der Waals surface area (Å²) in [6.07, 6.45) is -0.140. The molecule has 11 heteroatoms. The Kier molecular flexibility index (Phi) is 6.10. The van der Waals surface area contributed by atoms with Crippen molar-refractivity contribution in [2.24, 2.45) is 0 Å². The maximum absolute atomic E-state index is 13.6. The summed E-state index contributed by atoms with van der Waals surface area (Å²) in [4.78, 5) is 54.1. The SMILES string of the molecule is CNC(=O)Nc1ccc2c(c1)CCC21OC(=O)N(CC(=O)N(Cc2ccc(F)cc2)C2(C)CNC2)C1=O. The number of fused-ring (bicyclic) bond motifs is 2. The molecule has 0 saturated carbocycles. The number of aryl methyl sites for hydroxylation is 1. The van der Waals surface area contributed by atoms with Gasteiger partial charge in [0.05, 0.1) is 5.54 Å². The molecular weight excluding hydrogens is 481 g/mol. The van der Waals surface area contributed by atoms with Crippen LogP contribution < -0.4 is 16.0 Å². The van der Waals surface area contributed by atoms with E-state index in [9.17, 15) is 23.6 Å². The highest BCUT2D eigenvalue weighted by atomic mass is 19.1. The van der Waals surface area contributed by atoms with E-state index in [2.05, 4.69) is 16.0 Å². The van der Waals surface area contributed by atoms with Crippen LogP contribution in [0.25, 0.3) is 0 Å². The van der Waals surface area contributed by atoms with Crippen molar-refractivity contribution in [1.82, 2.24) is 20.4 Å². The quantitative estimate of drug-likeness (QED) is 0.549. The van der Waals surface area contributed by atoms with Crippen molar-refractivity contribution in [3.8, 4) is 0 Å². The van der Waals surface area contributed by atoms with Crippen molar-refractivity contribution < 1.29 is 28.3 Å². The van der Waals surface area contributed by atoms with Crippen LogP contribution in [0.3, 0.4) is 0 Å². The molecule has 1 atom stereocenters. The lowest BCUT2D eigenvalue weighted by Crippen LogP contribution is -2.69. The Bertz CT molecular complexity index is 1280. The molecule has 2 heterocycles. The van der Waals surface area contributed by atoms with Crippen LogP contribution >= 0.6 is 0 Å². The normalized spacial score (nSPS) is 21.3. The topological polar surface area (TPSA) is 120 Å². The second-order valence-corrected chi connectivity index (χ2v) is 9.87. The summed E-state index contributed by atoms with van der Waals surface area (Å²) in [7, 11) is 1.51. The molecule has 2 aromatic carbocycles. The van der Waals surface area contributed by atoms with Crippen LogP contribution in [0.4, 0.5) is 19.7 Å². The van der Waals surface area contributed by atoms with Crippen molar-refractivity contribution >= 4 is 29.6 Å². The maximum atomic E-state index is 13.6. The first-order valence-electron chi connectivity index (χ1n) is 12.1. The number of rotatable bonds is 6. The number of carbonyl (C=O) groups is 4. The molecular formula is C26H28FN5O5. The number of imide groups is 1. The molecule has 5 amide bonds. The zero-order valence-electron chi connectivity index (χ0n) is 20.6. The number of urea groups is 1. The molecule has 37 heavy (non-hydrogen) atoms. The lowest BCUT2D eigenvalue weighted by atomic mass is 9.91. The van der Waals surface area contributed by atoms with E-state index in [-0.39, 0.29) is 24.8 Å². The Morgan fingerprint density at radius 1 is 1.16 bits per heavy atom. The van der Waals surface area contributed by atoms with Crippen molar-refractivity contribution in [1.29, 1.82) is 0 Å². The first kappa shape index (κ1) is 24.7. The Morgan fingerprint density at radius 3 is 2.54 bits per heavy atom. The molecule has 3 aliphatic rings. The molecule has 2 aromatic rings. The van der Waals surface area contributed by atoms with Crippen LogP contribution in [0.15, 0.2) is 42.5 Å². The van der Waals surface area contributed by atoms with E-state index in [1.165, 1.54) is 19.2 Å². The summed E-state index contributed by atoms with van der Waals surface area (Å²) in [6.45, 7) is 2.80. The first-order valence-corrected chi connectivity index (χ1v) is 12.1. The minimum Gasteiger partial charge on any atom is -0.427 e. The van der Waals surface area contributed by atoms with E-state index in [0.29, 0.717) is 30.8 Å². The fourth-order valence-electron chi connectivity index (χ4n) is 5.18. The number of hydrogen-bond donors (Lipinski definition) is 3. The van der Waals surface area contributed by atoms with Gasteiger partial charge in [0.25, 0.3) is 5.91 Å². The molecule has 2 aliphatic heterocycles. The van der Waals surface area contributed by atoms with Gasteiger partial charge in [-0.05, 0) is 48.7 Å². The van der Waals surface area contributed by atoms with Gasteiger partial charge in [0.2, 0.25) is 11.5 Å². The van der Waals surface area contributed by atoms with Crippen molar-refractivity contribution in [2.45, 2.75) is 37.5 Å². The summed E-state index contributed by atoms with van der Waals surface area (Å²) in [5, 5.41) is 8.32. The number of amides is 5. The number of benzene rings is 2. The number of nitrogens with zero attached hydrogens (tertiary/aromatic N) is 2. The van der Waals surface area contributed by atoms with Gasteiger partial charge < -0.3 is 25.6 Å². The molecule has 10 nitrogen and oxygen atoms in total. The summed E-state index contributed by atoms with van der Waals surface area (Å²) < 4.78 is 19.0. The van der Waals surface area contributed by atoms with Gasteiger partial charge in [0.1, 0.15) is 12.4 Å². The predicted molar refractivity (Wildman–Crippen MR) is 131 cm³/mol. The predicted octanol–water partition coefficient (Wildman–Crippen LogP) is 2.09. The second-order valence-electron chi connectivity index (χ2n) is 9.87. The van der Waals surface area contributed by atoms with Crippen LogP contribution in [0.2, 0.25) is 0 Å². The van der Waals surface area contributed by atoms with E-state index < -0.39 is 35.6 Å². The summed E-state index contributed by atoms with van der Waals surface area (Å²) >= 11 is 0. The smallest absolute Gasteiger partial charge is 0.418 e. The Balaban J connectivity index is 1.36. The molecule has 5 rings (SSSR count). The zero-order valence-corrected chi connectivity index (χ0v) is 20.6. The van der Waals surface area contributed by atoms with Gasteiger partial charge in [-0.1, -0.05) is 18.2 Å². The summed E-state index contributed by atoms with van der Waals surface area (Å²) in [5.74, 6) is -1.35. The monoisotopic (exact) mass is 509 g/mol. The largest absolute Gasteiger partial charge is 0.427 e. The average molecular weight is 510 g/mol. The maximum Gasteiger partial charge on any atom is 0.418 e. The minimum absolute atomic E-state index is 0.212. The van der Waals surface area contributed by atoms with Crippen molar-refractivity contribution in [3.05, 3.63) is 65.0 Å². The number of nitrogens with one attached hydrogen (secondary N) is 3. The van der Waals surface area contributed by atoms with Gasteiger partial charge >= 0.3 is 12.1 Å². The molecule has 194 valence electrons. The van der Waals surface area contributed by atoms with E-state index in [0.717, 1.165) is 16.0 Å². The number of halogens is 1. The van der Waals surface area contributed by atoms with Gasteiger partial charge in [0, 0.05) is 44.4 Å². The molecule has 2 fully saturated rings. The summed E-state index contributed by atoms with van der Waals surface area (Å²) in [5.41, 5.74) is 0.639. The Labute approximate surface area is 213 Å². The van der Waals surface area contributed by atoms with Crippen LogP contribution in [0.5, 0.6) is 0 Å². The van der Waals surface area contributed by atoms with Crippen LogP contribution in [0, 0.1) is 5.82 Å². The van der Waals surface area contributed by atoms with Gasteiger partial charge in [-0.25, -0.2) is 18.9 Å². The molecule has 0 bridgehead atoms. The molecule has 0 aromatic heterocycles. The number of hydrogen-bond acceptors (Lipinski definition) is 6. The van der Waals surface area contributed by atoms with E-state index in [1.807, 2.05) is 6.92 Å². The Hall–Kier alpha value is -3.99. The van der Waals surface area contributed by atoms with Gasteiger partial charge in [0.15, 0.2) is 0 Å². The molecule has 0 radical (unpaired) electrons. The van der Waals surface area contributed by atoms with Crippen molar-refractivity contribution in [2.75, 3.05) is 32.0 Å². The van der Waals surface area contributed by atoms with Gasteiger partial charge in [-0.3, -0.25) is 9.59 Å².